The Morgan fingerprint density at radius 2 is 2.00 bits per heavy atom. The van der Waals surface area contributed by atoms with E-state index in [0.717, 1.165) is 12.1 Å². The standard InChI is InChI=1S/C13H13F3N2O3S/c1-3-8(2)12(19)18-22(20,21)10-5-4-9(7-17)11(6-10)13(14,15)16/h4-6,8H,3H2,1-2H3,(H,18,19). The number of carbonyl (C=O) groups excluding carboxylic acids is 1. The van der Waals surface area contributed by atoms with Crippen LogP contribution in [0, 0.1) is 17.2 Å². The van der Waals surface area contributed by atoms with Crippen molar-refractivity contribution in [3.8, 4) is 6.07 Å². The monoisotopic (exact) mass is 334 g/mol. The minimum atomic E-state index is -4.88. The highest BCUT2D eigenvalue weighted by atomic mass is 32.2. The van der Waals surface area contributed by atoms with Gasteiger partial charge in [-0.2, -0.15) is 18.4 Å². The van der Waals surface area contributed by atoms with Crippen molar-refractivity contribution in [1.29, 1.82) is 5.26 Å². The lowest BCUT2D eigenvalue weighted by Crippen LogP contribution is -2.34. The largest absolute Gasteiger partial charge is 0.417 e. The molecule has 0 aliphatic rings. The molecule has 0 fully saturated rings. The molecule has 9 heteroatoms. The summed E-state index contributed by atoms with van der Waals surface area (Å²) in [4.78, 5) is 10.9. The first-order chi connectivity index (χ1) is 10.0. The number of nitriles is 1. The molecule has 0 heterocycles. The number of carbonyl (C=O) groups is 1. The summed E-state index contributed by atoms with van der Waals surface area (Å²) in [6.07, 6.45) is -4.50. The summed E-state index contributed by atoms with van der Waals surface area (Å²) in [6.45, 7) is 3.16. The summed E-state index contributed by atoms with van der Waals surface area (Å²) in [6, 6.07) is 3.29. The maximum absolute atomic E-state index is 12.8. The molecule has 120 valence electrons. The van der Waals surface area contributed by atoms with Crippen LogP contribution in [-0.4, -0.2) is 14.3 Å². The predicted molar refractivity (Wildman–Crippen MR) is 70.9 cm³/mol. The molecule has 1 unspecified atom stereocenters. The van der Waals surface area contributed by atoms with Gasteiger partial charge in [0.05, 0.1) is 22.1 Å². The third-order valence-corrected chi connectivity index (χ3v) is 4.37. The van der Waals surface area contributed by atoms with Gasteiger partial charge in [-0.15, -0.1) is 0 Å². The van der Waals surface area contributed by atoms with Gasteiger partial charge in [-0.3, -0.25) is 4.79 Å². The van der Waals surface area contributed by atoms with Crippen LogP contribution in [0.15, 0.2) is 23.1 Å². The molecular weight excluding hydrogens is 321 g/mol. The van der Waals surface area contributed by atoms with Crippen LogP contribution in [-0.2, 0) is 21.0 Å². The lowest BCUT2D eigenvalue weighted by Gasteiger charge is -2.13. The second-order valence-electron chi connectivity index (χ2n) is 4.60. The molecule has 1 aromatic rings. The molecule has 0 aliphatic heterocycles. The average molecular weight is 334 g/mol. The SMILES string of the molecule is CCC(C)C(=O)NS(=O)(=O)c1ccc(C#N)c(C(F)(F)F)c1. The van der Waals surface area contributed by atoms with Gasteiger partial charge in [0.25, 0.3) is 10.0 Å². The summed E-state index contributed by atoms with van der Waals surface area (Å²) in [5.74, 6) is -1.41. The molecule has 0 bridgehead atoms. The van der Waals surface area contributed by atoms with Crippen molar-refractivity contribution in [2.24, 2.45) is 5.92 Å². The van der Waals surface area contributed by atoms with Crippen LogP contribution in [0.3, 0.4) is 0 Å². The second kappa shape index (κ2) is 6.36. The van der Waals surface area contributed by atoms with Crippen LogP contribution in [0.5, 0.6) is 0 Å². The van der Waals surface area contributed by atoms with Gasteiger partial charge in [-0.25, -0.2) is 13.1 Å². The third-order valence-electron chi connectivity index (χ3n) is 3.02. The summed E-state index contributed by atoms with van der Waals surface area (Å²) in [5.41, 5.74) is -2.06. The molecule has 0 aromatic heterocycles. The average Bonchev–Trinajstić information content (AvgIpc) is 2.44. The highest BCUT2D eigenvalue weighted by Gasteiger charge is 2.35. The van der Waals surface area contributed by atoms with Crippen LogP contribution in [0.4, 0.5) is 13.2 Å². The number of nitrogens with one attached hydrogen (secondary N) is 1. The van der Waals surface area contributed by atoms with Gasteiger partial charge in [-0.1, -0.05) is 13.8 Å². The van der Waals surface area contributed by atoms with Gasteiger partial charge in [0.15, 0.2) is 0 Å². The van der Waals surface area contributed by atoms with Crippen molar-refractivity contribution < 1.29 is 26.4 Å². The normalized spacial score (nSPS) is 13.3. The quantitative estimate of drug-likeness (QED) is 0.916. The Morgan fingerprint density at radius 1 is 1.41 bits per heavy atom. The van der Waals surface area contributed by atoms with E-state index in [4.69, 9.17) is 5.26 Å². The fourth-order valence-corrected chi connectivity index (χ4v) is 2.60. The fourth-order valence-electron chi connectivity index (χ4n) is 1.50. The van der Waals surface area contributed by atoms with Crippen LogP contribution in [0.25, 0.3) is 0 Å². The van der Waals surface area contributed by atoms with E-state index < -0.39 is 44.0 Å². The first-order valence-electron chi connectivity index (χ1n) is 6.21. The molecule has 1 amide bonds. The molecule has 0 aliphatic carbocycles. The van der Waals surface area contributed by atoms with E-state index in [0.29, 0.717) is 12.5 Å². The first-order valence-corrected chi connectivity index (χ1v) is 7.69. The van der Waals surface area contributed by atoms with Gasteiger partial charge < -0.3 is 0 Å². The van der Waals surface area contributed by atoms with Crippen LogP contribution in [0.2, 0.25) is 0 Å². The molecule has 22 heavy (non-hydrogen) atoms. The highest BCUT2D eigenvalue weighted by molar-refractivity contribution is 7.90. The summed E-state index contributed by atoms with van der Waals surface area (Å²) < 4.78 is 64.1. The van der Waals surface area contributed by atoms with Crippen LogP contribution >= 0.6 is 0 Å². The number of hydrogen-bond acceptors (Lipinski definition) is 4. The number of rotatable bonds is 4. The Kier molecular flexibility index (Phi) is 5.19. The number of sulfonamides is 1. The molecule has 0 saturated heterocycles. The van der Waals surface area contributed by atoms with Gasteiger partial charge in [0, 0.05) is 5.92 Å². The molecule has 5 nitrogen and oxygen atoms in total. The summed E-state index contributed by atoms with van der Waals surface area (Å²) in [7, 11) is -4.43. The van der Waals surface area contributed by atoms with E-state index in [1.54, 1.807) is 11.6 Å². The number of benzene rings is 1. The van der Waals surface area contributed by atoms with Crippen molar-refractivity contribution in [3.63, 3.8) is 0 Å². The molecule has 0 radical (unpaired) electrons. The van der Waals surface area contributed by atoms with Crippen LogP contribution < -0.4 is 4.72 Å². The van der Waals surface area contributed by atoms with Crippen LogP contribution in [0.1, 0.15) is 31.4 Å². The molecule has 0 saturated carbocycles. The van der Waals surface area contributed by atoms with Crippen molar-refractivity contribution in [2.75, 3.05) is 0 Å². The summed E-state index contributed by atoms with van der Waals surface area (Å²) >= 11 is 0. The lowest BCUT2D eigenvalue weighted by atomic mass is 10.1. The van der Waals surface area contributed by atoms with E-state index in [1.165, 1.54) is 13.0 Å². The minimum absolute atomic E-state index is 0.338. The molecular formula is C13H13F3N2O3S. The van der Waals surface area contributed by atoms with E-state index in [2.05, 4.69) is 0 Å². The van der Waals surface area contributed by atoms with E-state index in [-0.39, 0.29) is 0 Å². The van der Waals surface area contributed by atoms with Gasteiger partial charge in [-0.05, 0) is 24.6 Å². The zero-order chi connectivity index (χ0) is 17.1. The number of halogens is 3. The Labute approximate surface area is 125 Å². The van der Waals surface area contributed by atoms with Crippen molar-refractivity contribution in [1.82, 2.24) is 4.72 Å². The van der Waals surface area contributed by atoms with Gasteiger partial charge in [0.2, 0.25) is 5.91 Å². The molecule has 1 aromatic carbocycles. The Hall–Kier alpha value is -2.08. The van der Waals surface area contributed by atoms with Crippen molar-refractivity contribution in [3.05, 3.63) is 29.3 Å². The maximum Gasteiger partial charge on any atom is 0.417 e. The van der Waals surface area contributed by atoms with Crippen molar-refractivity contribution >= 4 is 15.9 Å². The van der Waals surface area contributed by atoms with Gasteiger partial charge >= 0.3 is 6.18 Å². The lowest BCUT2D eigenvalue weighted by molar-refractivity contribution is -0.137. The maximum atomic E-state index is 12.8. The topological polar surface area (TPSA) is 87.0 Å². The molecule has 1 N–H and O–H groups in total. The Morgan fingerprint density at radius 3 is 2.45 bits per heavy atom. The number of amides is 1. The molecule has 1 rings (SSSR count). The second-order valence-corrected chi connectivity index (χ2v) is 6.28. The summed E-state index contributed by atoms with van der Waals surface area (Å²) in [5, 5.41) is 8.66. The van der Waals surface area contributed by atoms with Crippen molar-refractivity contribution in [2.45, 2.75) is 31.3 Å². The Balaban J connectivity index is 3.28. The van der Waals surface area contributed by atoms with E-state index in [9.17, 15) is 26.4 Å². The van der Waals surface area contributed by atoms with E-state index >= 15 is 0 Å². The fraction of sp³-hybridized carbons (Fsp3) is 0.385. The minimum Gasteiger partial charge on any atom is -0.274 e. The zero-order valence-corrected chi connectivity index (χ0v) is 12.5. The first kappa shape index (κ1) is 18.0. The molecule has 0 spiro atoms. The zero-order valence-electron chi connectivity index (χ0n) is 11.7. The van der Waals surface area contributed by atoms with E-state index in [1.807, 2.05) is 0 Å². The third kappa shape index (κ3) is 3.98. The Bertz CT molecular complexity index is 721. The number of hydrogen-bond donors (Lipinski definition) is 1. The predicted octanol–water partition coefficient (Wildman–Crippen LogP) is 2.43. The number of nitrogens with zero attached hydrogens (tertiary/aromatic N) is 1. The highest BCUT2D eigenvalue weighted by Crippen LogP contribution is 2.33. The molecule has 1 atom stereocenters. The van der Waals surface area contributed by atoms with Gasteiger partial charge in [0.1, 0.15) is 0 Å². The smallest absolute Gasteiger partial charge is 0.274 e. The number of alkyl halides is 3.